The average Bonchev–Trinajstić information content (AvgIpc) is 3.31. The lowest BCUT2D eigenvalue weighted by atomic mass is 9.70. The van der Waals surface area contributed by atoms with Crippen molar-refractivity contribution >= 4 is 6.09 Å². The standard InChI is InChI=1S/C27H33N3O5/c1-25(2,3)35-24(32)29-13-11-27(33,26(4,5)17-29)18-30-16-21(23-28-12-14-34-23)20(15-22(30)31)19-9-7-6-8-10-19/h6-10,12,14-16,33H,11,13,17-18H2,1-5H3. The van der Waals surface area contributed by atoms with Crippen molar-refractivity contribution in [2.45, 2.75) is 58.8 Å². The van der Waals surface area contributed by atoms with E-state index in [0.29, 0.717) is 36.5 Å². The molecule has 186 valence electrons. The molecule has 1 saturated heterocycles. The van der Waals surface area contributed by atoms with Gasteiger partial charge in [0.1, 0.15) is 11.9 Å². The normalized spacial score (nSPS) is 20.0. The quantitative estimate of drug-likeness (QED) is 0.589. The van der Waals surface area contributed by atoms with Gasteiger partial charge in [0, 0.05) is 36.3 Å². The van der Waals surface area contributed by atoms with Crippen LogP contribution in [-0.4, -0.2) is 49.9 Å². The van der Waals surface area contributed by atoms with Crippen LogP contribution in [0.2, 0.25) is 0 Å². The minimum atomic E-state index is -1.22. The molecule has 1 fully saturated rings. The predicted molar refractivity (Wildman–Crippen MR) is 133 cm³/mol. The van der Waals surface area contributed by atoms with Crippen LogP contribution in [0.3, 0.4) is 0 Å². The maximum Gasteiger partial charge on any atom is 0.410 e. The summed E-state index contributed by atoms with van der Waals surface area (Å²) in [5, 5.41) is 11.7. The lowest BCUT2D eigenvalue weighted by Gasteiger charge is -2.50. The number of hydrogen-bond donors (Lipinski definition) is 1. The van der Waals surface area contributed by atoms with Crippen LogP contribution in [0.5, 0.6) is 0 Å². The lowest BCUT2D eigenvalue weighted by Crippen LogP contribution is -2.61. The number of carbonyl (C=O) groups excluding carboxylic acids is 1. The van der Waals surface area contributed by atoms with E-state index >= 15 is 0 Å². The molecule has 0 bridgehead atoms. The number of aliphatic hydroxyl groups is 1. The Hall–Kier alpha value is -3.39. The molecule has 3 heterocycles. The lowest BCUT2D eigenvalue weighted by molar-refractivity contribution is -0.126. The van der Waals surface area contributed by atoms with Gasteiger partial charge in [0.2, 0.25) is 5.89 Å². The summed E-state index contributed by atoms with van der Waals surface area (Å²) >= 11 is 0. The monoisotopic (exact) mass is 479 g/mol. The van der Waals surface area contributed by atoms with Gasteiger partial charge in [0.05, 0.1) is 23.9 Å². The number of benzene rings is 1. The van der Waals surface area contributed by atoms with Crippen molar-refractivity contribution in [2.75, 3.05) is 13.1 Å². The number of aromatic nitrogens is 2. The van der Waals surface area contributed by atoms with Crippen LogP contribution in [-0.2, 0) is 11.3 Å². The highest BCUT2D eigenvalue weighted by molar-refractivity contribution is 5.79. The zero-order valence-electron chi connectivity index (χ0n) is 20.9. The van der Waals surface area contributed by atoms with Gasteiger partial charge in [-0.25, -0.2) is 9.78 Å². The Morgan fingerprint density at radius 2 is 1.91 bits per heavy atom. The highest BCUT2D eigenvalue weighted by Gasteiger charge is 2.49. The first-order chi connectivity index (χ1) is 16.4. The fraction of sp³-hybridized carbons (Fsp3) is 0.444. The Morgan fingerprint density at radius 1 is 1.20 bits per heavy atom. The summed E-state index contributed by atoms with van der Waals surface area (Å²) in [6, 6.07) is 11.1. The number of ether oxygens (including phenoxy) is 1. The molecule has 1 N–H and O–H groups in total. The molecule has 1 aromatic carbocycles. The largest absolute Gasteiger partial charge is 0.444 e. The molecule has 0 saturated carbocycles. The molecule has 3 aromatic rings. The Morgan fingerprint density at radius 3 is 2.51 bits per heavy atom. The number of oxazole rings is 1. The molecule has 1 aliphatic rings. The minimum absolute atomic E-state index is 0.0732. The molecular weight excluding hydrogens is 446 g/mol. The van der Waals surface area contributed by atoms with Crippen LogP contribution in [0.1, 0.15) is 41.0 Å². The molecule has 1 unspecified atom stereocenters. The van der Waals surface area contributed by atoms with E-state index in [1.165, 1.54) is 10.8 Å². The fourth-order valence-corrected chi connectivity index (χ4v) is 4.50. The maximum atomic E-state index is 13.2. The van der Waals surface area contributed by atoms with Gasteiger partial charge in [0.15, 0.2) is 0 Å². The Labute approximate surface area is 205 Å². The van der Waals surface area contributed by atoms with Crippen molar-refractivity contribution in [2.24, 2.45) is 5.41 Å². The molecule has 1 amide bonds. The number of amides is 1. The van der Waals surface area contributed by atoms with Crippen LogP contribution in [0.15, 0.2) is 64.3 Å². The number of likely N-dealkylation sites (tertiary alicyclic amines) is 1. The topological polar surface area (TPSA) is 97.8 Å². The Kier molecular flexibility index (Phi) is 6.36. The van der Waals surface area contributed by atoms with Gasteiger partial charge in [-0.3, -0.25) is 4.79 Å². The number of piperidine rings is 1. The molecule has 2 aromatic heterocycles. The summed E-state index contributed by atoms with van der Waals surface area (Å²) in [7, 11) is 0. The number of pyridine rings is 1. The van der Waals surface area contributed by atoms with Crippen LogP contribution in [0.25, 0.3) is 22.6 Å². The van der Waals surface area contributed by atoms with Crippen LogP contribution in [0.4, 0.5) is 4.79 Å². The first-order valence-electron chi connectivity index (χ1n) is 11.8. The highest BCUT2D eigenvalue weighted by atomic mass is 16.6. The number of hydrogen-bond acceptors (Lipinski definition) is 6. The average molecular weight is 480 g/mol. The zero-order valence-corrected chi connectivity index (χ0v) is 20.9. The summed E-state index contributed by atoms with van der Waals surface area (Å²) < 4.78 is 12.6. The van der Waals surface area contributed by atoms with Crippen molar-refractivity contribution in [3.8, 4) is 22.6 Å². The smallest absolute Gasteiger partial charge is 0.410 e. The van der Waals surface area contributed by atoms with Crippen LogP contribution in [0, 0.1) is 5.41 Å². The van der Waals surface area contributed by atoms with Gasteiger partial charge in [0.25, 0.3) is 5.56 Å². The zero-order chi connectivity index (χ0) is 25.4. The third-order valence-corrected chi connectivity index (χ3v) is 6.60. The fourth-order valence-electron chi connectivity index (χ4n) is 4.50. The van der Waals surface area contributed by atoms with E-state index in [1.54, 1.807) is 23.4 Å². The summed E-state index contributed by atoms with van der Waals surface area (Å²) in [4.78, 5) is 31.7. The second-order valence-electron chi connectivity index (χ2n) is 10.8. The van der Waals surface area contributed by atoms with Gasteiger partial charge in [-0.2, -0.15) is 0 Å². The Bertz CT molecular complexity index is 1240. The highest BCUT2D eigenvalue weighted by Crippen LogP contribution is 2.40. The van der Waals surface area contributed by atoms with Gasteiger partial charge >= 0.3 is 6.09 Å². The minimum Gasteiger partial charge on any atom is -0.444 e. The summed E-state index contributed by atoms with van der Waals surface area (Å²) in [5.41, 5.74) is -0.513. The number of nitrogens with zero attached hydrogens (tertiary/aromatic N) is 3. The van der Waals surface area contributed by atoms with E-state index in [9.17, 15) is 14.7 Å². The first kappa shape index (κ1) is 24.7. The first-order valence-corrected chi connectivity index (χ1v) is 11.8. The van der Waals surface area contributed by atoms with E-state index in [-0.39, 0.29) is 12.1 Å². The molecule has 0 aliphatic carbocycles. The van der Waals surface area contributed by atoms with E-state index in [4.69, 9.17) is 9.15 Å². The molecule has 0 spiro atoms. The molecule has 8 heteroatoms. The third kappa shape index (κ3) is 5.17. The molecule has 1 aliphatic heterocycles. The van der Waals surface area contributed by atoms with Crippen molar-refractivity contribution in [1.29, 1.82) is 0 Å². The maximum absolute atomic E-state index is 13.2. The van der Waals surface area contributed by atoms with Crippen molar-refractivity contribution in [1.82, 2.24) is 14.5 Å². The molecule has 8 nitrogen and oxygen atoms in total. The summed E-state index contributed by atoms with van der Waals surface area (Å²) in [6.45, 7) is 10.0. The summed E-state index contributed by atoms with van der Waals surface area (Å²) in [6.07, 6.45) is 4.65. The van der Waals surface area contributed by atoms with Crippen molar-refractivity contribution in [3.05, 3.63) is 65.4 Å². The molecule has 1 atom stereocenters. The van der Waals surface area contributed by atoms with E-state index in [1.807, 2.05) is 65.0 Å². The van der Waals surface area contributed by atoms with Gasteiger partial charge in [-0.05, 0) is 32.8 Å². The van der Waals surface area contributed by atoms with E-state index in [0.717, 1.165) is 5.56 Å². The molecule has 0 radical (unpaired) electrons. The number of rotatable bonds is 4. The van der Waals surface area contributed by atoms with Gasteiger partial charge < -0.3 is 23.7 Å². The SMILES string of the molecule is CC(C)(C)OC(=O)N1CCC(O)(Cn2cc(-c3ncco3)c(-c3ccccc3)cc2=O)C(C)(C)C1. The van der Waals surface area contributed by atoms with Crippen LogP contribution >= 0.6 is 0 Å². The molecule has 35 heavy (non-hydrogen) atoms. The van der Waals surface area contributed by atoms with Crippen molar-refractivity contribution < 1.29 is 19.1 Å². The van der Waals surface area contributed by atoms with E-state index < -0.39 is 22.7 Å². The molecule has 4 rings (SSSR count). The van der Waals surface area contributed by atoms with Gasteiger partial charge in [-0.15, -0.1) is 0 Å². The Balaban J connectivity index is 1.66. The summed E-state index contributed by atoms with van der Waals surface area (Å²) in [5.74, 6) is 0.392. The van der Waals surface area contributed by atoms with Gasteiger partial charge in [-0.1, -0.05) is 44.2 Å². The van der Waals surface area contributed by atoms with Crippen molar-refractivity contribution in [3.63, 3.8) is 0 Å². The second-order valence-corrected chi connectivity index (χ2v) is 10.8. The molecular formula is C27H33N3O5. The predicted octanol–water partition coefficient (Wildman–Crippen LogP) is 4.57. The third-order valence-electron chi connectivity index (χ3n) is 6.60. The van der Waals surface area contributed by atoms with E-state index in [2.05, 4.69) is 4.98 Å². The number of carbonyl (C=O) groups is 1. The second kappa shape index (κ2) is 9.00. The van der Waals surface area contributed by atoms with Crippen LogP contribution < -0.4 is 5.56 Å².